The second-order valence-electron chi connectivity index (χ2n) is 5.54. The molecule has 0 aliphatic carbocycles. The van der Waals surface area contributed by atoms with Crippen molar-refractivity contribution >= 4 is 11.7 Å². The van der Waals surface area contributed by atoms with Crippen LogP contribution >= 0.6 is 0 Å². The predicted molar refractivity (Wildman–Crippen MR) is 86.3 cm³/mol. The van der Waals surface area contributed by atoms with Gasteiger partial charge in [-0.2, -0.15) is 0 Å². The third-order valence-corrected chi connectivity index (χ3v) is 3.95. The van der Waals surface area contributed by atoms with E-state index in [4.69, 9.17) is 5.73 Å². The molecule has 0 saturated carbocycles. The number of hydrogen-bond acceptors (Lipinski definition) is 4. The smallest absolute Gasteiger partial charge is 0.253 e. The van der Waals surface area contributed by atoms with Crippen molar-refractivity contribution in [2.45, 2.75) is 0 Å². The maximum absolute atomic E-state index is 12.5. The van der Waals surface area contributed by atoms with Gasteiger partial charge in [-0.3, -0.25) is 4.79 Å². The number of benzene rings is 1. The summed E-state index contributed by atoms with van der Waals surface area (Å²) in [5.41, 5.74) is 8.23. The summed E-state index contributed by atoms with van der Waals surface area (Å²) in [6, 6.07) is 12.4. The standard InChI is InChI=1S/C17H19N4O/c1-20-8-10-21(11-9-20)17(22)14-4-2-13(3-5-14)15-6-7-19-16(18)12-15/h2-7H,8-11H2,1H3,(H2,18,19). The number of aromatic nitrogens is 1. The van der Waals surface area contributed by atoms with Crippen molar-refractivity contribution in [3.63, 3.8) is 0 Å². The van der Waals surface area contributed by atoms with Gasteiger partial charge >= 0.3 is 0 Å². The number of carbonyl (C=O) groups is 1. The van der Waals surface area contributed by atoms with E-state index in [1.807, 2.05) is 35.2 Å². The van der Waals surface area contributed by atoms with E-state index in [-0.39, 0.29) is 5.91 Å². The van der Waals surface area contributed by atoms with Crippen LogP contribution in [0.1, 0.15) is 10.4 Å². The summed E-state index contributed by atoms with van der Waals surface area (Å²) in [6.45, 7) is 3.42. The maximum Gasteiger partial charge on any atom is 0.253 e. The summed E-state index contributed by atoms with van der Waals surface area (Å²) in [6.07, 6.45) is 1.66. The van der Waals surface area contributed by atoms with Crippen LogP contribution in [0.15, 0.2) is 36.5 Å². The molecule has 2 N–H and O–H groups in total. The Bertz CT molecular complexity index is 661. The number of nitrogens with two attached hydrogens (primary N) is 1. The Morgan fingerprint density at radius 2 is 1.82 bits per heavy atom. The minimum Gasteiger partial charge on any atom is -0.383 e. The van der Waals surface area contributed by atoms with Gasteiger partial charge < -0.3 is 15.5 Å². The molecule has 0 unspecified atom stereocenters. The Morgan fingerprint density at radius 3 is 2.45 bits per heavy atom. The number of amides is 1. The topological polar surface area (TPSA) is 62.5 Å². The lowest BCUT2D eigenvalue weighted by atomic mass is 10.0. The molecule has 1 fully saturated rings. The predicted octanol–water partition coefficient (Wildman–Crippen LogP) is 1.52. The fourth-order valence-corrected chi connectivity index (χ4v) is 2.56. The summed E-state index contributed by atoms with van der Waals surface area (Å²) in [7, 11) is 2.08. The fourth-order valence-electron chi connectivity index (χ4n) is 2.56. The lowest BCUT2D eigenvalue weighted by molar-refractivity contribution is 0.0664. The number of carbonyl (C=O) groups excluding carboxylic acids is 1. The molecule has 5 heteroatoms. The summed E-state index contributed by atoms with van der Waals surface area (Å²) >= 11 is 0. The van der Waals surface area contributed by atoms with Crippen LogP contribution in [0.4, 0.5) is 5.82 Å². The SMILES string of the molecule is CN1CCN(C(=O)c2ccc(-c3[c]c(N)ncc3)cc2)CC1. The second kappa shape index (κ2) is 6.15. The Balaban J connectivity index is 1.75. The average Bonchev–Trinajstić information content (AvgIpc) is 2.55. The molecule has 1 aromatic carbocycles. The van der Waals surface area contributed by atoms with Crippen molar-refractivity contribution in [1.29, 1.82) is 0 Å². The quantitative estimate of drug-likeness (QED) is 0.912. The van der Waals surface area contributed by atoms with Crippen molar-refractivity contribution in [2.24, 2.45) is 0 Å². The van der Waals surface area contributed by atoms with Crippen molar-refractivity contribution < 1.29 is 4.79 Å². The van der Waals surface area contributed by atoms with E-state index in [9.17, 15) is 4.79 Å². The van der Waals surface area contributed by atoms with E-state index in [1.54, 1.807) is 6.20 Å². The van der Waals surface area contributed by atoms with Gasteiger partial charge in [0.1, 0.15) is 5.82 Å². The molecule has 2 aromatic rings. The van der Waals surface area contributed by atoms with Crippen LogP contribution in [-0.4, -0.2) is 53.9 Å². The first-order valence-electron chi connectivity index (χ1n) is 7.35. The number of nitrogen functional groups attached to an aromatic ring is 1. The first-order chi connectivity index (χ1) is 10.6. The number of rotatable bonds is 2. The lowest BCUT2D eigenvalue weighted by Crippen LogP contribution is -2.47. The second-order valence-corrected chi connectivity index (χ2v) is 5.54. The Kier molecular flexibility index (Phi) is 4.06. The first-order valence-corrected chi connectivity index (χ1v) is 7.35. The zero-order chi connectivity index (χ0) is 15.5. The number of anilines is 1. The zero-order valence-corrected chi connectivity index (χ0v) is 12.6. The van der Waals surface area contributed by atoms with Crippen LogP contribution in [0.5, 0.6) is 0 Å². The molecular formula is C17H19N4O. The van der Waals surface area contributed by atoms with E-state index in [0.717, 1.165) is 42.9 Å². The minimum atomic E-state index is 0.0953. The lowest BCUT2D eigenvalue weighted by Gasteiger charge is -2.32. The number of nitrogens with zero attached hydrogens (tertiary/aromatic N) is 3. The number of hydrogen-bond donors (Lipinski definition) is 1. The van der Waals surface area contributed by atoms with E-state index < -0.39 is 0 Å². The molecule has 5 nitrogen and oxygen atoms in total. The highest BCUT2D eigenvalue weighted by Gasteiger charge is 2.20. The Morgan fingerprint density at radius 1 is 1.14 bits per heavy atom. The molecule has 22 heavy (non-hydrogen) atoms. The summed E-state index contributed by atoms with van der Waals surface area (Å²) in [4.78, 5) is 20.6. The van der Waals surface area contributed by atoms with Crippen molar-refractivity contribution in [3.05, 3.63) is 48.2 Å². The summed E-state index contributed by atoms with van der Waals surface area (Å²) in [5.74, 6) is 0.466. The normalized spacial score (nSPS) is 15.8. The highest BCUT2D eigenvalue weighted by Crippen LogP contribution is 2.20. The van der Waals surface area contributed by atoms with Crippen molar-refractivity contribution in [2.75, 3.05) is 39.0 Å². The molecule has 3 rings (SSSR count). The van der Waals surface area contributed by atoms with Gasteiger partial charge in [-0.25, -0.2) is 4.98 Å². The van der Waals surface area contributed by atoms with E-state index in [0.29, 0.717) is 5.82 Å². The first kappa shape index (κ1) is 14.5. The molecule has 1 aliphatic rings. The van der Waals surface area contributed by atoms with Crippen LogP contribution in [0.2, 0.25) is 0 Å². The van der Waals surface area contributed by atoms with E-state index in [1.165, 1.54) is 0 Å². The van der Waals surface area contributed by atoms with E-state index in [2.05, 4.69) is 23.0 Å². The number of pyridine rings is 1. The van der Waals surface area contributed by atoms with Gasteiger partial charge in [0.2, 0.25) is 0 Å². The molecule has 1 aliphatic heterocycles. The van der Waals surface area contributed by atoms with Gasteiger partial charge in [-0.05, 0) is 36.4 Å². The van der Waals surface area contributed by atoms with Crippen LogP contribution in [0, 0.1) is 6.07 Å². The molecule has 113 valence electrons. The van der Waals surface area contributed by atoms with Gasteiger partial charge in [0.25, 0.3) is 5.91 Å². The molecule has 1 amide bonds. The maximum atomic E-state index is 12.5. The molecule has 0 bridgehead atoms. The van der Waals surface area contributed by atoms with Crippen molar-refractivity contribution in [3.8, 4) is 11.1 Å². The zero-order valence-electron chi connectivity index (χ0n) is 12.6. The van der Waals surface area contributed by atoms with E-state index >= 15 is 0 Å². The summed E-state index contributed by atoms with van der Waals surface area (Å²) < 4.78 is 0. The van der Waals surface area contributed by atoms with Gasteiger partial charge in [-0.15, -0.1) is 0 Å². The van der Waals surface area contributed by atoms with Crippen LogP contribution in [0.3, 0.4) is 0 Å². The van der Waals surface area contributed by atoms with Gasteiger partial charge in [0.05, 0.1) is 0 Å². The molecule has 0 atom stereocenters. The number of piperazine rings is 1. The molecule has 1 aromatic heterocycles. The Hall–Kier alpha value is -2.40. The third kappa shape index (κ3) is 3.09. The fraction of sp³-hybridized carbons (Fsp3) is 0.294. The molecular weight excluding hydrogens is 276 g/mol. The van der Waals surface area contributed by atoms with Gasteiger partial charge in [-0.1, -0.05) is 12.1 Å². The Labute approximate surface area is 130 Å². The molecule has 1 radical (unpaired) electrons. The minimum absolute atomic E-state index is 0.0953. The van der Waals surface area contributed by atoms with Crippen LogP contribution in [0.25, 0.3) is 11.1 Å². The highest BCUT2D eigenvalue weighted by atomic mass is 16.2. The van der Waals surface area contributed by atoms with Gasteiger partial charge in [0.15, 0.2) is 0 Å². The van der Waals surface area contributed by atoms with Crippen LogP contribution in [-0.2, 0) is 0 Å². The largest absolute Gasteiger partial charge is 0.383 e. The molecule has 2 heterocycles. The number of likely N-dealkylation sites (N-methyl/N-ethyl adjacent to an activating group) is 1. The average molecular weight is 295 g/mol. The molecule has 1 saturated heterocycles. The van der Waals surface area contributed by atoms with Crippen LogP contribution < -0.4 is 5.73 Å². The molecule has 0 spiro atoms. The van der Waals surface area contributed by atoms with Crippen molar-refractivity contribution in [1.82, 2.24) is 14.8 Å². The van der Waals surface area contributed by atoms with Gasteiger partial charge in [0, 0.05) is 44.0 Å². The summed E-state index contributed by atoms with van der Waals surface area (Å²) in [5, 5.41) is 0. The third-order valence-electron chi connectivity index (χ3n) is 3.95. The highest BCUT2D eigenvalue weighted by molar-refractivity contribution is 5.94. The monoisotopic (exact) mass is 295 g/mol.